The Morgan fingerprint density at radius 1 is 0.875 bits per heavy atom. The van der Waals surface area contributed by atoms with Gasteiger partial charge in [-0.25, -0.2) is 8.42 Å². The summed E-state index contributed by atoms with van der Waals surface area (Å²) in [6, 6.07) is 16.7. The smallest absolute Gasteiger partial charge is 0.218 e. The van der Waals surface area contributed by atoms with E-state index < -0.39 is 10.0 Å². The second-order valence-electron chi connectivity index (χ2n) is 9.89. The number of benzene rings is 2. The van der Waals surface area contributed by atoms with Gasteiger partial charge in [0.25, 0.3) is 0 Å². The van der Waals surface area contributed by atoms with Crippen LogP contribution in [0.2, 0.25) is 0 Å². The third-order valence-corrected chi connectivity index (χ3v) is 9.82. The largest absolute Gasteiger partial charge is 0.341 e. The molecule has 1 fully saturated rings. The van der Waals surface area contributed by atoms with Crippen molar-refractivity contribution in [3.05, 3.63) is 70.9 Å². The second kappa shape index (κ2) is 8.03. The normalized spacial score (nSPS) is 22.2. The van der Waals surface area contributed by atoms with Crippen molar-refractivity contribution in [2.45, 2.75) is 75.6 Å². The molecular weight excluding hydrogens is 416 g/mol. The van der Waals surface area contributed by atoms with Crippen LogP contribution in [0.25, 0.3) is 10.9 Å². The molecule has 0 unspecified atom stereocenters. The molecule has 2 aromatic carbocycles. The maximum absolute atomic E-state index is 13.5. The molecule has 32 heavy (non-hydrogen) atoms. The van der Waals surface area contributed by atoms with Gasteiger partial charge >= 0.3 is 0 Å². The van der Waals surface area contributed by atoms with E-state index >= 15 is 0 Å². The van der Waals surface area contributed by atoms with E-state index in [4.69, 9.17) is 0 Å². The highest BCUT2D eigenvalue weighted by molar-refractivity contribution is 7.88. The third-order valence-electron chi connectivity index (χ3n) is 7.97. The van der Waals surface area contributed by atoms with E-state index in [1.165, 1.54) is 59.8 Å². The highest BCUT2D eigenvalue weighted by Gasteiger charge is 2.40. The lowest BCUT2D eigenvalue weighted by Gasteiger charge is -2.39. The lowest BCUT2D eigenvalue weighted by atomic mass is 9.83. The Kier molecular flexibility index (Phi) is 5.14. The summed E-state index contributed by atoms with van der Waals surface area (Å²) >= 11 is 0. The van der Waals surface area contributed by atoms with Gasteiger partial charge in [-0.3, -0.25) is 0 Å². The van der Waals surface area contributed by atoms with Crippen molar-refractivity contribution in [1.82, 2.24) is 8.87 Å². The van der Waals surface area contributed by atoms with E-state index in [0.29, 0.717) is 12.5 Å². The molecule has 2 aliphatic carbocycles. The van der Waals surface area contributed by atoms with Crippen molar-refractivity contribution in [2.75, 3.05) is 6.54 Å². The van der Waals surface area contributed by atoms with Gasteiger partial charge in [-0.05, 0) is 66.8 Å². The molecule has 5 heteroatoms. The molecule has 6 rings (SSSR count). The fraction of sp³-hybridized carbons (Fsp3) is 0.481. The van der Waals surface area contributed by atoms with Crippen LogP contribution in [0.1, 0.15) is 79.3 Å². The van der Waals surface area contributed by atoms with E-state index in [1.807, 2.05) is 34.6 Å². The maximum Gasteiger partial charge on any atom is 0.218 e. The first-order valence-corrected chi connectivity index (χ1v) is 13.9. The summed E-state index contributed by atoms with van der Waals surface area (Å²) in [5.41, 5.74) is 6.35. The van der Waals surface area contributed by atoms with Crippen LogP contribution in [0, 0.1) is 0 Å². The van der Waals surface area contributed by atoms with Crippen LogP contribution >= 0.6 is 0 Å². The summed E-state index contributed by atoms with van der Waals surface area (Å²) in [5, 5.41) is 1.38. The fourth-order valence-electron chi connectivity index (χ4n) is 6.48. The van der Waals surface area contributed by atoms with Crippen LogP contribution in [0.5, 0.6) is 0 Å². The third kappa shape index (κ3) is 3.41. The van der Waals surface area contributed by atoms with Crippen LogP contribution in [0.3, 0.4) is 0 Å². The van der Waals surface area contributed by atoms with Crippen LogP contribution in [0.4, 0.5) is 0 Å². The van der Waals surface area contributed by atoms with Gasteiger partial charge in [0.15, 0.2) is 0 Å². The topological polar surface area (TPSA) is 42.3 Å². The van der Waals surface area contributed by atoms with Gasteiger partial charge in [0.2, 0.25) is 10.0 Å². The Morgan fingerprint density at radius 3 is 2.50 bits per heavy atom. The van der Waals surface area contributed by atoms with Crippen LogP contribution in [-0.4, -0.2) is 23.8 Å². The molecule has 4 nitrogen and oxygen atoms in total. The van der Waals surface area contributed by atoms with Gasteiger partial charge in [0.05, 0.1) is 11.8 Å². The van der Waals surface area contributed by atoms with E-state index in [0.717, 1.165) is 31.4 Å². The zero-order chi connectivity index (χ0) is 21.7. The van der Waals surface area contributed by atoms with Crippen LogP contribution in [-0.2, 0) is 28.7 Å². The average Bonchev–Trinajstić information content (AvgIpc) is 3.15. The Labute approximate surface area is 191 Å². The number of aromatic nitrogens is 1. The van der Waals surface area contributed by atoms with Crippen molar-refractivity contribution >= 4 is 20.9 Å². The van der Waals surface area contributed by atoms with Gasteiger partial charge in [0, 0.05) is 29.7 Å². The molecule has 0 amide bonds. The molecule has 0 saturated heterocycles. The van der Waals surface area contributed by atoms with Gasteiger partial charge in [-0.1, -0.05) is 55.7 Å². The summed E-state index contributed by atoms with van der Waals surface area (Å²) in [6.07, 6.45) is 9.73. The second-order valence-corrected chi connectivity index (χ2v) is 11.8. The molecule has 0 N–H and O–H groups in total. The summed E-state index contributed by atoms with van der Waals surface area (Å²) in [6.45, 7) is 1.32. The number of fused-ring (bicyclic) bond motifs is 3. The lowest BCUT2D eigenvalue weighted by Crippen LogP contribution is -2.43. The number of sulfonamides is 1. The molecule has 0 bridgehead atoms. The standard InChI is InChI=1S/C27H32N2O2S/c30-32(31,19-20-8-3-1-4-9-20)29-17-16-28-25-15-14-22(21-10-5-2-6-11-21)18-24(25)23-12-7-13-26(29)27(23)28/h1,3-4,8-9,14-15,18,21,26H,2,5-7,10-13,16-17,19H2/t26-/m1/s1. The lowest BCUT2D eigenvalue weighted by molar-refractivity contribution is 0.243. The highest BCUT2D eigenvalue weighted by Crippen LogP contribution is 2.45. The van der Waals surface area contributed by atoms with E-state index in [1.54, 1.807) is 0 Å². The molecule has 3 aliphatic rings. The SMILES string of the molecule is O=S(=O)(Cc1ccccc1)N1CCn2c3c(c4cc(C5CCCCC5)ccc42)CCC[C@H]31. The van der Waals surface area contributed by atoms with Gasteiger partial charge in [-0.2, -0.15) is 4.31 Å². The first-order chi connectivity index (χ1) is 15.6. The van der Waals surface area contributed by atoms with Gasteiger partial charge in [-0.15, -0.1) is 0 Å². The molecule has 3 aromatic rings. The molecule has 2 heterocycles. The zero-order valence-corrected chi connectivity index (χ0v) is 19.5. The monoisotopic (exact) mass is 448 g/mol. The molecular formula is C27H32N2O2S. The van der Waals surface area contributed by atoms with Crippen molar-refractivity contribution in [2.24, 2.45) is 0 Å². The van der Waals surface area contributed by atoms with Crippen molar-refractivity contribution < 1.29 is 8.42 Å². The Hall–Kier alpha value is -2.11. The quantitative estimate of drug-likeness (QED) is 0.498. The number of hydrogen-bond donors (Lipinski definition) is 0. The minimum atomic E-state index is -3.37. The summed E-state index contributed by atoms with van der Waals surface area (Å²) < 4.78 is 31.2. The Morgan fingerprint density at radius 2 is 1.69 bits per heavy atom. The van der Waals surface area contributed by atoms with Crippen LogP contribution < -0.4 is 0 Å². The number of nitrogens with zero attached hydrogens (tertiary/aromatic N) is 2. The van der Waals surface area contributed by atoms with Crippen molar-refractivity contribution in [3.8, 4) is 0 Å². The highest BCUT2D eigenvalue weighted by atomic mass is 32.2. The van der Waals surface area contributed by atoms with Crippen molar-refractivity contribution in [3.63, 3.8) is 0 Å². The summed E-state index contributed by atoms with van der Waals surface area (Å²) in [7, 11) is -3.37. The number of aryl methyl sites for hydroxylation is 1. The molecule has 0 radical (unpaired) electrons. The van der Waals surface area contributed by atoms with Crippen molar-refractivity contribution in [1.29, 1.82) is 0 Å². The molecule has 1 saturated carbocycles. The number of hydrogen-bond acceptors (Lipinski definition) is 2. The zero-order valence-electron chi connectivity index (χ0n) is 18.7. The van der Waals surface area contributed by atoms with Gasteiger partial charge < -0.3 is 4.57 Å². The minimum absolute atomic E-state index is 0.0215. The predicted octanol–water partition coefficient (Wildman–Crippen LogP) is 5.91. The molecule has 1 aromatic heterocycles. The van der Waals surface area contributed by atoms with E-state index in [9.17, 15) is 8.42 Å². The molecule has 1 aliphatic heterocycles. The molecule has 0 spiro atoms. The Bertz CT molecular complexity index is 1240. The molecule has 168 valence electrons. The summed E-state index contributed by atoms with van der Waals surface area (Å²) in [4.78, 5) is 0. The first kappa shape index (κ1) is 20.5. The maximum atomic E-state index is 13.5. The molecule has 1 atom stereocenters. The predicted molar refractivity (Wildman–Crippen MR) is 129 cm³/mol. The average molecular weight is 449 g/mol. The van der Waals surface area contributed by atoms with E-state index in [-0.39, 0.29) is 11.8 Å². The fourth-order valence-corrected chi connectivity index (χ4v) is 8.21. The number of rotatable bonds is 4. The summed E-state index contributed by atoms with van der Waals surface area (Å²) in [5.74, 6) is 0.783. The van der Waals surface area contributed by atoms with Gasteiger partial charge in [0.1, 0.15) is 0 Å². The first-order valence-electron chi connectivity index (χ1n) is 12.3. The van der Waals surface area contributed by atoms with E-state index in [2.05, 4.69) is 22.8 Å². The minimum Gasteiger partial charge on any atom is -0.341 e. The van der Waals surface area contributed by atoms with Crippen LogP contribution in [0.15, 0.2) is 48.5 Å². The Balaban J connectivity index is 1.39.